The van der Waals surface area contributed by atoms with Crippen LogP contribution in [0.1, 0.15) is 38.1 Å². The van der Waals surface area contributed by atoms with E-state index in [1.165, 1.54) is 4.68 Å². The van der Waals surface area contributed by atoms with Gasteiger partial charge in [0.05, 0.1) is 23.7 Å². The van der Waals surface area contributed by atoms with Crippen LogP contribution >= 0.6 is 31.9 Å². The highest BCUT2D eigenvalue weighted by Gasteiger charge is 2.15. The number of rotatable bonds is 7. The molecule has 0 atom stereocenters. The standard InChI is InChI=1S/C23H21Br2N3O3/c1-5-9-31-21-12-18(25)15(10-20(21)30-6-2)13-26-28-22(14(3)4)27-19-8-7-16(24)11-17(19)23(28)29/h1,7-8,10-14H,6,9H2,2-4H3. The summed E-state index contributed by atoms with van der Waals surface area (Å²) >= 11 is 6.94. The first kappa shape index (κ1) is 23.0. The van der Waals surface area contributed by atoms with Crippen LogP contribution in [0.25, 0.3) is 10.9 Å². The molecule has 0 bridgehead atoms. The van der Waals surface area contributed by atoms with Gasteiger partial charge >= 0.3 is 0 Å². The lowest BCUT2D eigenvalue weighted by atomic mass is 10.2. The SMILES string of the molecule is C#CCOc1cc(Br)c(C=Nn2c(C(C)C)nc3ccc(Br)cc3c2=O)cc1OCC. The summed E-state index contributed by atoms with van der Waals surface area (Å²) < 4.78 is 14.1. The third kappa shape index (κ3) is 5.17. The predicted octanol–water partition coefficient (Wildman–Crippen LogP) is 5.34. The van der Waals surface area contributed by atoms with Crippen LogP contribution in [-0.4, -0.2) is 29.1 Å². The lowest BCUT2D eigenvalue weighted by molar-refractivity contribution is 0.299. The largest absolute Gasteiger partial charge is 0.490 e. The molecule has 0 saturated carbocycles. The summed E-state index contributed by atoms with van der Waals surface area (Å²) in [6.45, 7) is 6.42. The molecule has 0 N–H and O–H groups in total. The third-order valence-electron chi connectivity index (χ3n) is 4.34. The lowest BCUT2D eigenvalue weighted by Gasteiger charge is -2.13. The molecular formula is C23H21Br2N3O3. The first-order valence-electron chi connectivity index (χ1n) is 9.64. The number of benzene rings is 2. The zero-order valence-electron chi connectivity index (χ0n) is 17.4. The van der Waals surface area contributed by atoms with Gasteiger partial charge in [-0.25, -0.2) is 4.98 Å². The zero-order chi connectivity index (χ0) is 22.5. The van der Waals surface area contributed by atoms with Crippen molar-refractivity contribution < 1.29 is 9.47 Å². The van der Waals surface area contributed by atoms with Crippen molar-refractivity contribution in [1.29, 1.82) is 0 Å². The van der Waals surface area contributed by atoms with Gasteiger partial charge in [-0.15, -0.1) is 6.42 Å². The molecule has 0 spiro atoms. The molecule has 2 aromatic carbocycles. The molecule has 0 fully saturated rings. The Bertz CT molecular complexity index is 1240. The molecule has 160 valence electrons. The fourth-order valence-electron chi connectivity index (χ4n) is 2.92. The van der Waals surface area contributed by atoms with Crippen molar-refractivity contribution in [2.24, 2.45) is 5.10 Å². The van der Waals surface area contributed by atoms with Gasteiger partial charge in [-0.05, 0) is 53.2 Å². The normalized spacial score (nSPS) is 11.3. The minimum atomic E-state index is -0.235. The summed E-state index contributed by atoms with van der Waals surface area (Å²) in [5, 5.41) is 4.96. The van der Waals surface area contributed by atoms with Gasteiger partial charge in [-0.2, -0.15) is 9.78 Å². The predicted molar refractivity (Wildman–Crippen MR) is 130 cm³/mol. The van der Waals surface area contributed by atoms with Crippen LogP contribution in [0.4, 0.5) is 0 Å². The van der Waals surface area contributed by atoms with Crippen molar-refractivity contribution in [3.05, 3.63) is 61.0 Å². The van der Waals surface area contributed by atoms with Gasteiger partial charge in [-0.3, -0.25) is 4.79 Å². The van der Waals surface area contributed by atoms with E-state index in [9.17, 15) is 4.79 Å². The molecule has 0 unspecified atom stereocenters. The molecule has 6 nitrogen and oxygen atoms in total. The monoisotopic (exact) mass is 545 g/mol. The quantitative estimate of drug-likeness (QED) is 0.296. The van der Waals surface area contributed by atoms with E-state index in [4.69, 9.17) is 15.9 Å². The van der Waals surface area contributed by atoms with Crippen molar-refractivity contribution in [3.63, 3.8) is 0 Å². The number of fused-ring (bicyclic) bond motifs is 1. The van der Waals surface area contributed by atoms with Crippen molar-refractivity contribution >= 4 is 49.0 Å². The first-order chi connectivity index (χ1) is 14.8. The van der Waals surface area contributed by atoms with Gasteiger partial charge < -0.3 is 9.47 Å². The van der Waals surface area contributed by atoms with E-state index in [2.05, 4.69) is 47.9 Å². The Morgan fingerprint density at radius 2 is 1.97 bits per heavy atom. The molecule has 0 radical (unpaired) electrons. The van der Waals surface area contributed by atoms with Crippen molar-refractivity contribution in [2.75, 3.05) is 13.2 Å². The third-order valence-corrected chi connectivity index (χ3v) is 5.52. The van der Waals surface area contributed by atoms with Crippen LogP contribution < -0.4 is 15.0 Å². The van der Waals surface area contributed by atoms with Gasteiger partial charge in [0.15, 0.2) is 11.5 Å². The highest BCUT2D eigenvalue weighted by atomic mass is 79.9. The average Bonchev–Trinajstić information content (AvgIpc) is 2.74. The number of ether oxygens (including phenoxy) is 2. The molecule has 0 saturated heterocycles. The van der Waals surface area contributed by atoms with E-state index in [0.717, 1.165) is 8.95 Å². The van der Waals surface area contributed by atoms with Crippen LogP contribution in [0.15, 0.2) is 49.2 Å². The Morgan fingerprint density at radius 3 is 2.65 bits per heavy atom. The smallest absolute Gasteiger partial charge is 0.282 e. The molecule has 31 heavy (non-hydrogen) atoms. The second-order valence-electron chi connectivity index (χ2n) is 6.89. The summed E-state index contributed by atoms with van der Waals surface area (Å²) in [4.78, 5) is 17.8. The Morgan fingerprint density at radius 1 is 1.23 bits per heavy atom. The average molecular weight is 547 g/mol. The molecule has 1 heterocycles. The molecule has 0 amide bonds. The molecule has 1 aromatic heterocycles. The van der Waals surface area contributed by atoms with Crippen molar-refractivity contribution in [3.8, 4) is 23.8 Å². The minimum Gasteiger partial charge on any atom is -0.490 e. The number of aromatic nitrogens is 2. The summed E-state index contributed by atoms with van der Waals surface area (Å²) in [6.07, 6.45) is 6.89. The number of nitrogens with zero attached hydrogens (tertiary/aromatic N) is 3. The van der Waals surface area contributed by atoms with Gasteiger partial charge in [0.1, 0.15) is 12.4 Å². The Labute approximate surface area is 197 Å². The molecular weight excluding hydrogens is 526 g/mol. The topological polar surface area (TPSA) is 65.7 Å². The Kier molecular flexibility index (Phi) is 7.52. The molecule has 3 aromatic rings. The zero-order valence-corrected chi connectivity index (χ0v) is 20.5. The van der Waals surface area contributed by atoms with E-state index in [0.29, 0.717) is 40.4 Å². The number of hydrogen-bond acceptors (Lipinski definition) is 5. The molecule has 3 rings (SSSR count). The summed E-state index contributed by atoms with van der Waals surface area (Å²) in [5.41, 5.74) is 1.12. The second-order valence-corrected chi connectivity index (χ2v) is 8.66. The molecule has 8 heteroatoms. The van der Waals surface area contributed by atoms with E-state index in [-0.39, 0.29) is 18.1 Å². The molecule has 0 aliphatic heterocycles. The highest BCUT2D eigenvalue weighted by molar-refractivity contribution is 9.10. The molecule has 0 aliphatic carbocycles. The van der Waals surface area contributed by atoms with Crippen LogP contribution in [0.5, 0.6) is 11.5 Å². The first-order valence-corrected chi connectivity index (χ1v) is 11.2. The number of hydrogen-bond donors (Lipinski definition) is 0. The lowest BCUT2D eigenvalue weighted by Crippen LogP contribution is -2.23. The van der Waals surface area contributed by atoms with Gasteiger partial charge in [-0.1, -0.05) is 35.7 Å². The van der Waals surface area contributed by atoms with Crippen molar-refractivity contribution in [1.82, 2.24) is 9.66 Å². The van der Waals surface area contributed by atoms with Crippen LogP contribution in [-0.2, 0) is 0 Å². The summed E-state index contributed by atoms with van der Waals surface area (Å²) in [7, 11) is 0. The van der Waals surface area contributed by atoms with Crippen molar-refractivity contribution in [2.45, 2.75) is 26.7 Å². The highest BCUT2D eigenvalue weighted by Crippen LogP contribution is 2.33. The van der Waals surface area contributed by atoms with Crippen LogP contribution in [0, 0.1) is 12.3 Å². The minimum absolute atomic E-state index is 0.000128. The fourth-order valence-corrected chi connectivity index (χ4v) is 3.71. The summed E-state index contributed by atoms with van der Waals surface area (Å²) in [6, 6.07) is 8.99. The van der Waals surface area contributed by atoms with E-state index in [1.54, 1.807) is 24.4 Å². The van der Waals surface area contributed by atoms with Gasteiger partial charge in [0.25, 0.3) is 5.56 Å². The van der Waals surface area contributed by atoms with E-state index in [1.807, 2.05) is 32.9 Å². The molecule has 0 aliphatic rings. The Balaban J connectivity index is 2.11. The van der Waals surface area contributed by atoms with Gasteiger partial charge in [0, 0.05) is 20.4 Å². The maximum atomic E-state index is 13.2. The van der Waals surface area contributed by atoms with E-state index >= 15 is 0 Å². The fraction of sp³-hybridized carbons (Fsp3) is 0.261. The Hall–Kier alpha value is -2.63. The van der Waals surface area contributed by atoms with Crippen LogP contribution in [0.2, 0.25) is 0 Å². The maximum Gasteiger partial charge on any atom is 0.282 e. The van der Waals surface area contributed by atoms with Gasteiger partial charge in [0.2, 0.25) is 0 Å². The number of halogens is 2. The summed E-state index contributed by atoms with van der Waals surface area (Å²) in [5.74, 6) is 4.08. The second kappa shape index (κ2) is 10.1. The maximum absolute atomic E-state index is 13.2. The van der Waals surface area contributed by atoms with E-state index < -0.39 is 0 Å². The number of terminal acetylenes is 1. The van der Waals surface area contributed by atoms with Crippen LogP contribution in [0.3, 0.4) is 0 Å².